The molecule has 2 aromatic carbocycles. The number of ether oxygens (including phenoxy) is 1. The maximum Gasteiger partial charge on any atom is 0.410 e. The molecule has 0 spiro atoms. The minimum Gasteiger partial charge on any atom is -0.445 e. The molecule has 0 aliphatic carbocycles. The SMILES string of the molecule is O=C(OCc1ccccc1)N1C2CCC1C(Cn1ccc3cc(Br)ccc31)C2. The highest BCUT2D eigenvalue weighted by Gasteiger charge is 2.49. The zero-order chi connectivity index (χ0) is 19.1. The van der Waals surface area contributed by atoms with Gasteiger partial charge in [-0.25, -0.2) is 4.79 Å². The molecule has 4 nitrogen and oxygen atoms in total. The van der Waals surface area contributed by atoms with Gasteiger partial charge in [-0.3, -0.25) is 0 Å². The molecule has 2 saturated heterocycles. The highest BCUT2D eigenvalue weighted by atomic mass is 79.9. The average Bonchev–Trinajstić information content (AvgIpc) is 3.40. The summed E-state index contributed by atoms with van der Waals surface area (Å²) in [6.07, 6.45) is 5.27. The number of hydrogen-bond donors (Lipinski definition) is 0. The molecule has 2 aliphatic rings. The lowest BCUT2D eigenvalue weighted by atomic mass is 9.89. The predicted octanol–water partition coefficient (Wildman–Crippen LogP) is 5.59. The highest BCUT2D eigenvalue weighted by Crippen LogP contribution is 2.43. The second-order valence-corrected chi connectivity index (χ2v) is 8.83. The maximum absolute atomic E-state index is 12.8. The van der Waals surface area contributed by atoms with Gasteiger partial charge in [0.1, 0.15) is 6.61 Å². The Labute approximate surface area is 173 Å². The third-order valence-corrected chi connectivity index (χ3v) is 6.74. The summed E-state index contributed by atoms with van der Waals surface area (Å²) in [6, 6.07) is 19.1. The van der Waals surface area contributed by atoms with Gasteiger partial charge < -0.3 is 14.2 Å². The van der Waals surface area contributed by atoms with Crippen molar-refractivity contribution < 1.29 is 9.53 Å². The van der Waals surface area contributed by atoms with Crippen LogP contribution in [-0.4, -0.2) is 27.6 Å². The summed E-state index contributed by atoms with van der Waals surface area (Å²) in [5.74, 6) is 0.488. The van der Waals surface area contributed by atoms with E-state index in [2.05, 4.69) is 51.0 Å². The molecule has 3 atom stereocenters. The Bertz CT molecular complexity index is 1000. The number of benzene rings is 2. The fourth-order valence-electron chi connectivity index (χ4n) is 4.97. The fourth-order valence-corrected chi connectivity index (χ4v) is 5.35. The summed E-state index contributed by atoms with van der Waals surface area (Å²) >= 11 is 3.54. The smallest absolute Gasteiger partial charge is 0.410 e. The summed E-state index contributed by atoms with van der Waals surface area (Å²) in [5.41, 5.74) is 2.29. The van der Waals surface area contributed by atoms with Gasteiger partial charge in [0.25, 0.3) is 0 Å². The Kier molecular flexibility index (Phi) is 4.63. The molecule has 5 heteroatoms. The van der Waals surface area contributed by atoms with Crippen molar-refractivity contribution in [2.75, 3.05) is 0 Å². The molecular formula is C23H23BrN2O2. The van der Waals surface area contributed by atoms with Gasteiger partial charge in [-0.15, -0.1) is 0 Å². The molecule has 3 heterocycles. The second-order valence-electron chi connectivity index (χ2n) is 7.91. The summed E-state index contributed by atoms with van der Waals surface area (Å²) in [6.45, 7) is 1.30. The van der Waals surface area contributed by atoms with Crippen molar-refractivity contribution in [3.8, 4) is 0 Å². The van der Waals surface area contributed by atoms with Gasteiger partial charge in [0.05, 0.1) is 0 Å². The molecule has 0 radical (unpaired) electrons. The van der Waals surface area contributed by atoms with Crippen LogP contribution in [0.1, 0.15) is 24.8 Å². The van der Waals surface area contributed by atoms with Gasteiger partial charge in [-0.1, -0.05) is 46.3 Å². The van der Waals surface area contributed by atoms with Crippen LogP contribution in [0, 0.1) is 5.92 Å². The molecule has 2 fully saturated rings. The molecule has 0 saturated carbocycles. The summed E-state index contributed by atoms with van der Waals surface area (Å²) in [5, 5.41) is 1.25. The van der Waals surface area contributed by atoms with Gasteiger partial charge in [0.15, 0.2) is 0 Å². The van der Waals surface area contributed by atoms with Crippen LogP contribution in [0.3, 0.4) is 0 Å². The van der Waals surface area contributed by atoms with Crippen molar-refractivity contribution in [2.24, 2.45) is 5.92 Å². The first kappa shape index (κ1) is 17.8. The Morgan fingerprint density at radius 2 is 1.96 bits per heavy atom. The van der Waals surface area contributed by atoms with E-state index in [9.17, 15) is 4.79 Å². The number of carbonyl (C=O) groups is 1. The molecule has 1 aromatic heterocycles. The standard InChI is InChI=1S/C23H23BrN2O2/c24-19-6-8-21-17(12-19)10-11-25(21)14-18-13-20-7-9-22(18)26(20)23(27)28-15-16-4-2-1-3-5-16/h1-6,8,10-12,18,20,22H,7,9,13-15H2. The Morgan fingerprint density at radius 3 is 2.82 bits per heavy atom. The number of amides is 1. The number of nitrogens with zero attached hydrogens (tertiary/aromatic N) is 2. The first-order valence-electron chi connectivity index (χ1n) is 9.92. The van der Waals surface area contributed by atoms with Crippen molar-refractivity contribution >= 4 is 32.9 Å². The zero-order valence-corrected chi connectivity index (χ0v) is 17.2. The largest absolute Gasteiger partial charge is 0.445 e. The molecule has 5 rings (SSSR count). The number of carbonyl (C=O) groups excluding carboxylic acids is 1. The van der Waals surface area contributed by atoms with E-state index in [0.29, 0.717) is 24.6 Å². The average molecular weight is 439 g/mol. The lowest BCUT2D eigenvalue weighted by Gasteiger charge is -2.24. The number of rotatable bonds is 4. The molecule has 3 aromatic rings. The van der Waals surface area contributed by atoms with E-state index in [1.807, 2.05) is 35.2 Å². The van der Waals surface area contributed by atoms with Gasteiger partial charge >= 0.3 is 6.09 Å². The van der Waals surface area contributed by atoms with E-state index in [1.165, 1.54) is 10.9 Å². The molecule has 2 bridgehead atoms. The van der Waals surface area contributed by atoms with Gasteiger partial charge in [0.2, 0.25) is 0 Å². The molecule has 28 heavy (non-hydrogen) atoms. The third kappa shape index (κ3) is 3.22. The van der Waals surface area contributed by atoms with Gasteiger partial charge in [-0.05, 0) is 55.0 Å². The van der Waals surface area contributed by atoms with Crippen LogP contribution in [0.25, 0.3) is 10.9 Å². The highest BCUT2D eigenvalue weighted by molar-refractivity contribution is 9.10. The molecule has 3 unspecified atom stereocenters. The minimum atomic E-state index is -0.153. The van der Waals surface area contributed by atoms with Crippen LogP contribution >= 0.6 is 15.9 Å². The molecule has 2 aliphatic heterocycles. The van der Waals surface area contributed by atoms with E-state index in [0.717, 1.165) is 35.8 Å². The monoisotopic (exact) mass is 438 g/mol. The molecule has 1 amide bonds. The van der Waals surface area contributed by atoms with Crippen LogP contribution in [0.5, 0.6) is 0 Å². The van der Waals surface area contributed by atoms with Gasteiger partial charge in [-0.2, -0.15) is 0 Å². The first-order chi connectivity index (χ1) is 13.7. The lowest BCUT2D eigenvalue weighted by molar-refractivity contribution is 0.0881. The molecule has 0 N–H and O–H groups in total. The van der Waals surface area contributed by atoms with E-state index in [4.69, 9.17) is 4.74 Å². The maximum atomic E-state index is 12.8. The van der Waals surface area contributed by atoms with Crippen LogP contribution in [-0.2, 0) is 17.9 Å². The van der Waals surface area contributed by atoms with Crippen molar-refractivity contribution in [1.29, 1.82) is 0 Å². The summed E-state index contributed by atoms with van der Waals surface area (Å²) in [7, 11) is 0. The van der Waals surface area contributed by atoms with Crippen LogP contribution in [0.4, 0.5) is 4.79 Å². The predicted molar refractivity (Wildman–Crippen MR) is 113 cm³/mol. The first-order valence-corrected chi connectivity index (χ1v) is 10.7. The number of aromatic nitrogens is 1. The molecular weight excluding hydrogens is 416 g/mol. The van der Waals surface area contributed by atoms with Crippen molar-refractivity contribution in [2.45, 2.75) is 44.5 Å². The Balaban J connectivity index is 1.27. The second kappa shape index (κ2) is 7.28. The fraction of sp³-hybridized carbons (Fsp3) is 0.348. The van der Waals surface area contributed by atoms with Crippen molar-refractivity contribution in [3.05, 3.63) is 70.8 Å². The van der Waals surface area contributed by atoms with Crippen molar-refractivity contribution in [3.63, 3.8) is 0 Å². The zero-order valence-electron chi connectivity index (χ0n) is 15.6. The minimum absolute atomic E-state index is 0.153. The van der Waals surface area contributed by atoms with Gasteiger partial charge in [0, 0.05) is 40.2 Å². The van der Waals surface area contributed by atoms with Crippen LogP contribution < -0.4 is 0 Å². The van der Waals surface area contributed by atoms with E-state index >= 15 is 0 Å². The van der Waals surface area contributed by atoms with E-state index in [-0.39, 0.29) is 6.09 Å². The molecule has 144 valence electrons. The quantitative estimate of drug-likeness (QED) is 0.531. The van der Waals surface area contributed by atoms with E-state index < -0.39 is 0 Å². The Morgan fingerprint density at radius 1 is 1.11 bits per heavy atom. The number of fused-ring (bicyclic) bond motifs is 3. The third-order valence-electron chi connectivity index (χ3n) is 6.25. The van der Waals surface area contributed by atoms with Crippen LogP contribution in [0.2, 0.25) is 0 Å². The van der Waals surface area contributed by atoms with E-state index in [1.54, 1.807) is 0 Å². The van der Waals surface area contributed by atoms with Crippen molar-refractivity contribution in [1.82, 2.24) is 9.47 Å². The lowest BCUT2D eigenvalue weighted by Crippen LogP contribution is -2.37. The normalized spacial score (nSPS) is 23.5. The summed E-state index contributed by atoms with van der Waals surface area (Å²) in [4.78, 5) is 14.8. The number of halogens is 1. The number of hydrogen-bond acceptors (Lipinski definition) is 2. The van der Waals surface area contributed by atoms with Crippen LogP contribution in [0.15, 0.2) is 65.3 Å². The summed E-state index contributed by atoms with van der Waals surface area (Å²) < 4.78 is 9.07. The Hall–Kier alpha value is -2.27. The topological polar surface area (TPSA) is 34.5 Å².